The zero-order valence-electron chi connectivity index (χ0n) is 28.7. The minimum atomic E-state index is -1.80. The van der Waals surface area contributed by atoms with Crippen LogP contribution in [0.2, 0.25) is 0 Å². The Balaban J connectivity index is 1.24. The van der Waals surface area contributed by atoms with Crippen LogP contribution in [0.1, 0.15) is 12.5 Å². The van der Waals surface area contributed by atoms with E-state index in [0.29, 0.717) is 6.42 Å². The first-order valence-electron chi connectivity index (χ1n) is 17.4. The zero-order chi connectivity index (χ0) is 37.7. The van der Waals surface area contributed by atoms with Gasteiger partial charge in [-0.3, -0.25) is 4.90 Å². The number of benzene rings is 1. The maximum Gasteiger partial charge on any atom is 0.187 e. The minimum absolute atomic E-state index is 0.0961. The van der Waals surface area contributed by atoms with Crippen LogP contribution in [0.25, 0.3) is 0 Å². The molecule has 4 saturated heterocycles. The minimum Gasteiger partial charge on any atom is -0.395 e. The fraction of sp³-hybridized carbons (Fsp3) is 0.818. The largest absolute Gasteiger partial charge is 0.395 e. The quantitative estimate of drug-likeness (QED) is 0.0844. The highest BCUT2D eigenvalue weighted by molar-refractivity contribution is 5.16. The average molecular weight is 752 g/mol. The maximum absolute atomic E-state index is 11.3. The number of hydrogen-bond acceptors (Lipinski definition) is 19. The van der Waals surface area contributed by atoms with E-state index in [2.05, 4.69) is 0 Å². The van der Waals surface area contributed by atoms with E-state index in [1.54, 1.807) is 0 Å². The standard InChI is InChI=1S/C33H53NO18/c1-15-23(39)30(52-33-28(44)27(43)24(40)19(12-37)50-33)26(42)21(47-15)14-46-32-29(45)31(25(41)20(13-38)49-32)51-22-9-34(8-18(11-36)48-22)17(10-35)7-16-5-3-2-4-6-16/h2-6,15,17-33,35-45H,7-14H2,1H3/t15?,17-,18?,19?,20?,21?,22?,23?,24?,25?,26?,27?,28?,29?,30?,31?,32?,33?/m0/s1. The molecule has 18 atom stereocenters. The predicted molar refractivity (Wildman–Crippen MR) is 172 cm³/mol. The fourth-order valence-electron chi connectivity index (χ4n) is 6.97. The number of ether oxygens (including phenoxy) is 7. The number of aliphatic hydroxyl groups excluding tert-OH is 11. The summed E-state index contributed by atoms with van der Waals surface area (Å²) in [6.07, 6.45) is -23.9. The van der Waals surface area contributed by atoms with Gasteiger partial charge in [0.15, 0.2) is 18.9 Å². The molecule has 0 amide bonds. The molecule has 17 unspecified atom stereocenters. The Morgan fingerprint density at radius 3 is 1.94 bits per heavy atom. The summed E-state index contributed by atoms with van der Waals surface area (Å²) in [6, 6.07) is 9.14. The van der Waals surface area contributed by atoms with Crippen LogP contribution in [0.3, 0.4) is 0 Å². The second kappa shape index (κ2) is 18.9. The third kappa shape index (κ3) is 9.45. The SMILES string of the molecule is CC1OC(COC2OC(CO)C(O)C(OC3CN([C@H](CO)Cc4ccccc4)CC(CO)O3)C2O)C(O)C(OC2OC(CO)C(O)C(O)C2O)C1O. The fourth-order valence-corrected chi connectivity index (χ4v) is 6.97. The molecule has 5 rings (SSSR count). The Morgan fingerprint density at radius 2 is 1.29 bits per heavy atom. The van der Waals surface area contributed by atoms with Crippen molar-refractivity contribution in [3.63, 3.8) is 0 Å². The highest BCUT2D eigenvalue weighted by Crippen LogP contribution is 2.32. The molecular weight excluding hydrogens is 698 g/mol. The normalized spacial score (nSPS) is 44.0. The molecule has 0 aliphatic carbocycles. The molecule has 4 heterocycles. The first-order chi connectivity index (χ1) is 24.9. The van der Waals surface area contributed by atoms with E-state index in [0.717, 1.165) is 5.56 Å². The number of rotatable bonds is 14. The summed E-state index contributed by atoms with van der Waals surface area (Å²) in [7, 11) is 0. The van der Waals surface area contributed by atoms with Crippen LogP contribution in [0, 0.1) is 0 Å². The van der Waals surface area contributed by atoms with Gasteiger partial charge in [0.25, 0.3) is 0 Å². The summed E-state index contributed by atoms with van der Waals surface area (Å²) in [5.74, 6) is 0. The van der Waals surface area contributed by atoms with Crippen LogP contribution in [0.4, 0.5) is 0 Å². The molecule has 0 saturated carbocycles. The molecule has 0 bridgehead atoms. The van der Waals surface area contributed by atoms with Gasteiger partial charge in [-0.2, -0.15) is 0 Å². The number of nitrogens with zero attached hydrogens (tertiary/aromatic N) is 1. The first kappa shape index (κ1) is 41.6. The van der Waals surface area contributed by atoms with Crippen molar-refractivity contribution >= 4 is 0 Å². The Labute approximate surface area is 300 Å². The highest BCUT2D eigenvalue weighted by atomic mass is 16.7. The molecule has 11 N–H and O–H groups in total. The smallest absolute Gasteiger partial charge is 0.187 e. The van der Waals surface area contributed by atoms with Crippen molar-refractivity contribution in [3.05, 3.63) is 35.9 Å². The molecule has 19 nitrogen and oxygen atoms in total. The van der Waals surface area contributed by atoms with Crippen molar-refractivity contribution in [1.82, 2.24) is 4.90 Å². The van der Waals surface area contributed by atoms with E-state index in [9.17, 15) is 56.2 Å². The highest BCUT2D eigenvalue weighted by Gasteiger charge is 2.52. The molecule has 4 fully saturated rings. The van der Waals surface area contributed by atoms with Crippen molar-refractivity contribution in [3.8, 4) is 0 Å². The van der Waals surface area contributed by atoms with E-state index in [4.69, 9.17) is 33.2 Å². The van der Waals surface area contributed by atoms with Gasteiger partial charge in [0.2, 0.25) is 0 Å². The van der Waals surface area contributed by atoms with Crippen LogP contribution >= 0.6 is 0 Å². The van der Waals surface area contributed by atoms with Gasteiger partial charge < -0.3 is 89.3 Å². The number of morpholine rings is 1. The van der Waals surface area contributed by atoms with E-state index in [1.807, 2.05) is 35.2 Å². The van der Waals surface area contributed by atoms with Crippen molar-refractivity contribution in [2.75, 3.05) is 46.1 Å². The van der Waals surface area contributed by atoms with E-state index in [-0.39, 0.29) is 32.3 Å². The van der Waals surface area contributed by atoms with Gasteiger partial charge in [0.1, 0.15) is 73.2 Å². The number of aliphatic hydroxyl groups is 11. The van der Waals surface area contributed by atoms with Crippen LogP contribution in [-0.2, 0) is 39.6 Å². The molecule has 1 aromatic rings. The molecule has 0 aromatic heterocycles. The third-order valence-corrected chi connectivity index (χ3v) is 10.0. The van der Waals surface area contributed by atoms with Gasteiger partial charge >= 0.3 is 0 Å². The zero-order valence-corrected chi connectivity index (χ0v) is 28.7. The van der Waals surface area contributed by atoms with Crippen molar-refractivity contribution in [2.45, 2.75) is 124 Å². The maximum atomic E-state index is 11.3. The number of hydrogen-bond donors (Lipinski definition) is 11. The van der Waals surface area contributed by atoms with E-state index in [1.165, 1.54) is 6.92 Å². The van der Waals surface area contributed by atoms with Crippen molar-refractivity contribution in [1.29, 1.82) is 0 Å². The molecule has 4 aliphatic rings. The average Bonchev–Trinajstić information content (AvgIpc) is 3.15. The summed E-state index contributed by atoms with van der Waals surface area (Å²) in [4.78, 5) is 1.89. The molecular formula is C33H53NO18. The lowest BCUT2D eigenvalue weighted by molar-refractivity contribution is -0.352. The monoisotopic (exact) mass is 751 g/mol. The van der Waals surface area contributed by atoms with Crippen molar-refractivity contribution < 1.29 is 89.3 Å². The summed E-state index contributed by atoms with van der Waals surface area (Å²) in [6.45, 7) is -0.655. The lowest BCUT2D eigenvalue weighted by Crippen LogP contribution is -2.65. The summed E-state index contributed by atoms with van der Waals surface area (Å²) >= 11 is 0. The Morgan fingerprint density at radius 1 is 0.654 bits per heavy atom. The molecule has 0 spiro atoms. The summed E-state index contributed by atoms with van der Waals surface area (Å²) in [5, 5.41) is 115. The van der Waals surface area contributed by atoms with E-state index < -0.39 is 124 Å². The first-order valence-corrected chi connectivity index (χ1v) is 17.4. The Bertz CT molecular complexity index is 1200. The predicted octanol–water partition coefficient (Wildman–Crippen LogP) is -5.86. The van der Waals surface area contributed by atoms with Gasteiger partial charge in [-0.1, -0.05) is 30.3 Å². The Kier molecular flexibility index (Phi) is 15.1. The van der Waals surface area contributed by atoms with Crippen LogP contribution < -0.4 is 0 Å². The topological polar surface area (TPSA) is 290 Å². The molecule has 1 aromatic carbocycles. The van der Waals surface area contributed by atoms with Crippen LogP contribution in [0.15, 0.2) is 30.3 Å². The van der Waals surface area contributed by atoms with Gasteiger partial charge in [0.05, 0.1) is 51.8 Å². The van der Waals surface area contributed by atoms with E-state index >= 15 is 0 Å². The lowest BCUT2D eigenvalue weighted by atomic mass is 9.94. The molecule has 298 valence electrons. The van der Waals surface area contributed by atoms with Gasteiger partial charge in [-0.05, 0) is 18.9 Å². The summed E-state index contributed by atoms with van der Waals surface area (Å²) in [5.41, 5.74) is 0.981. The molecule has 0 radical (unpaired) electrons. The van der Waals surface area contributed by atoms with Gasteiger partial charge in [0, 0.05) is 12.6 Å². The van der Waals surface area contributed by atoms with Crippen molar-refractivity contribution in [2.24, 2.45) is 0 Å². The molecule has 19 heteroatoms. The second-order valence-electron chi connectivity index (χ2n) is 13.6. The molecule has 52 heavy (non-hydrogen) atoms. The van der Waals surface area contributed by atoms with Gasteiger partial charge in [-0.25, -0.2) is 0 Å². The summed E-state index contributed by atoms with van der Waals surface area (Å²) < 4.78 is 40.1. The van der Waals surface area contributed by atoms with Gasteiger partial charge in [-0.15, -0.1) is 0 Å². The molecule has 4 aliphatic heterocycles. The second-order valence-corrected chi connectivity index (χ2v) is 13.6. The third-order valence-electron chi connectivity index (χ3n) is 10.0. The van der Waals surface area contributed by atoms with Crippen LogP contribution in [-0.4, -0.2) is 218 Å². The van der Waals surface area contributed by atoms with Crippen LogP contribution in [0.5, 0.6) is 0 Å². The lowest BCUT2D eigenvalue weighted by Gasteiger charge is -2.47. The Hall–Kier alpha value is -1.54.